The molecule has 0 spiro atoms. The van der Waals surface area contributed by atoms with Crippen LogP contribution in [0, 0.1) is 0 Å². The van der Waals surface area contributed by atoms with Crippen LogP contribution in [-0.4, -0.2) is 9.55 Å². The number of hydrogen-bond donors (Lipinski definition) is 1. The van der Waals surface area contributed by atoms with E-state index in [0.717, 1.165) is 0 Å². The number of benzene rings is 1. The Labute approximate surface area is 84.9 Å². The van der Waals surface area contributed by atoms with Crippen molar-refractivity contribution in [2.24, 2.45) is 7.05 Å². The summed E-state index contributed by atoms with van der Waals surface area (Å²) < 4.78 is 1.30. The van der Waals surface area contributed by atoms with Crippen molar-refractivity contribution in [1.82, 2.24) is 9.55 Å². The summed E-state index contributed by atoms with van der Waals surface area (Å²) in [7, 11) is 1.58. The lowest BCUT2D eigenvalue weighted by Gasteiger charge is -2.04. The third-order valence-electron chi connectivity index (χ3n) is 2.07. The minimum Gasteiger partial charge on any atom is -0.369 e. The lowest BCUT2D eigenvalue weighted by molar-refractivity contribution is 0.861. The molecule has 2 aromatic rings. The molecular weight excluding hydrogens is 202 g/mol. The highest BCUT2D eigenvalue weighted by atomic mass is 35.5. The van der Waals surface area contributed by atoms with Gasteiger partial charge in [0.1, 0.15) is 0 Å². The SMILES string of the molecule is Cn1c(N)nc2cc(Cl)ccc2c1=O. The lowest BCUT2D eigenvalue weighted by Crippen LogP contribution is -2.21. The van der Waals surface area contributed by atoms with E-state index in [2.05, 4.69) is 4.98 Å². The number of anilines is 1. The third-order valence-corrected chi connectivity index (χ3v) is 2.31. The summed E-state index contributed by atoms with van der Waals surface area (Å²) in [5.74, 6) is 0.185. The van der Waals surface area contributed by atoms with Crippen LogP contribution in [0.15, 0.2) is 23.0 Å². The number of nitrogens with two attached hydrogens (primary N) is 1. The van der Waals surface area contributed by atoms with Gasteiger partial charge in [-0.3, -0.25) is 9.36 Å². The molecule has 1 aromatic heterocycles. The summed E-state index contributed by atoms with van der Waals surface area (Å²) in [5, 5.41) is 1.06. The smallest absolute Gasteiger partial charge is 0.262 e. The van der Waals surface area contributed by atoms with Gasteiger partial charge in [0.15, 0.2) is 0 Å². The van der Waals surface area contributed by atoms with Gasteiger partial charge < -0.3 is 5.73 Å². The van der Waals surface area contributed by atoms with Crippen molar-refractivity contribution in [2.75, 3.05) is 5.73 Å². The van der Waals surface area contributed by atoms with E-state index in [-0.39, 0.29) is 11.5 Å². The molecule has 2 N–H and O–H groups in total. The Morgan fingerprint density at radius 1 is 1.50 bits per heavy atom. The van der Waals surface area contributed by atoms with Crippen LogP contribution in [0.5, 0.6) is 0 Å². The average molecular weight is 210 g/mol. The van der Waals surface area contributed by atoms with Crippen LogP contribution in [0.1, 0.15) is 0 Å². The van der Waals surface area contributed by atoms with Crippen molar-refractivity contribution in [1.29, 1.82) is 0 Å². The molecule has 0 bridgehead atoms. The normalized spacial score (nSPS) is 10.7. The zero-order valence-corrected chi connectivity index (χ0v) is 8.25. The molecule has 0 aliphatic rings. The summed E-state index contributed by atoms with van der Waals surface area (Å²) in [6.07, 6.45) is 0. The molecule has 0 saturated carbocycles. The highest BCUT2D eigenvalue weighted by Gasteiger charge is 2.05. The second-order valence-electron chi connectivity index (χ2n) is 3.00. The van der Waals surface area contributed by atoms with Gasteiger partial charge >= 0.3 is 0 Å². The zero-order valence-electron chi connectivity index (χ0n) is 7.49. The first-order chi connectivity index (χ1) is 6.59. The van der Waals surface area contributed by atoms with Crippen LogP contribution in [-0.2, 0) is 7.05 Å². The molecule has 0 unspecified atom stereocenters. The second kappa shape index (κ2) is 2.99. The Morgan fingerprint density at radius 2 is 2.21 bits per heavy atom. The first kappa shape index (κ1) is 9.02. The van der Waals surface area contributed by atoms with Crippen LogP contribution in [0.25, 0.3) is 10.9 Å². The number of nitrogens with zero attached hydrogens (tertiary/aromatic N) is 2. The van der Waals surface area contributed by atoms with Crippen molar-refractivity contribution >= 4 is 28.5 Å². The monoisotopic (exact) mass is 209 g/mol. The number of nitrogen functional groups attached to an aromatic ring is 1. The average Bonchev–Trinajstić information content (AvgIpc) is 2.14. The van der Waals surface area contributed by atoms with Crippen molar-refractivity contribution < 1.29 is 0 Å². The van der Waals surface area contributed by atoms with E-state index in [1.165, 1.54) is 4.57 Å². The molecule has 5 heteroatoms. The maximum atomic E-state index is 11.7. The first-order valence-electron chi connectivity index (χ1n) is 4.01. The van der Waals surface area contributed by atoms with Crippen LogP contribution >= 0.6 is 11.6 Å². The van der Waals surface area contributed by atoms with Crippen molar-refractivity contribution in [3.63, 3.8) is 0 Å². The van der Waals surface area contributed by atoms with Crippen molar-refractivity contribution in [2.45, 2.75) is 0 Å². The van der Waals surface area contributed by atoms with Crippen LogP contribution in [0.2, 0.25) is 5.02 Å². The molecule has 0 fully saturated rings. The summed E-state index contributed by atoms with van der Waals surface area (Å²) in [6.45, 7) is 0. The lowest BCUT2D eigenvalue weighted by atomic mass is 10.2. The Hall–Kier alpha value is -1.55. The van der Waals surface area contributed by atoms with Gasteiger partial charge in [0.25, 0.3) is 5.56 Å². The van der Waals surface area contributed by atoms with Gasteiger partial charge in [-0.05, 0) is 18.2 Å². The summed E-state index contributed by atoms with van der Waals surface area (Å²) in [6, 6.07) is 4.92. The fourth-order valence-corrected chi connectivity index (χ4v) is 1.43. The highest BCUT2D eigenvalue weighted by molar-refractivity contribution is 6.31. The quantitative estimate of drug-likeness (QED) is 0.709. The molecule has 1 heterocycles. The summed E-state index contributed by atoms with van der Waals surface area (Å²) in [4.78, 5) is 15.7. The molecule has 0 saturated heterocycles. The zero-order chi connectivity index (χ0) is 10.3. The summed E-state index contributed by atoms with van der Waals surface area (Å²) in [5.41, 5.74) is 5.91. The Morgan fingerprint density at radius 3 is 2.93 bits per heavy atom. The number of halogens is 1. The van der Waals surface area contributed by atoms with E-state index in [1.54, 1.807) is 25.2 Å². The van der Waals surface area contributed by atoms with E-state index in [1.807, 2.05) is 0 Å². The van der Waals surface area contributed by atoms with Gasteiger partial charge in [-0.25, -0.2) is 4.98 Å². The number of hydrogen-bond acceptors (Lipinski definition) is 3. The third kappa shape index (κ3) is 1.24. The predicted octanol–water partition coefficient (Wildman–Crippen LogP) is 1.17. The molecule has 72 valence electrons. The molecule has 0 atom stereocenters. The number of rotatable bonds is 0. The number of aromatic nitrogens is 2. The van der Waals surface area contributed by atoms with Crippen molar-refractivity contribution in [3.8, 4) is 0 Å². The summed E-state index contributed by atoms with van der Waals surface area (Å²) >= 11 is 5.77. The second-order valence-corrected chi connectivity index (χ2v) is 3.43. The molecular formula is C9H8ClN3O. The topological polar surface area (TPSA) is 60.9 Å². The number of fused-ring (bicyclic) bond motifs is 1. The minimum atomic E-state index is -0.163. The van der Waals surface area contributed by atoms with Crippen molar-refractivity contribution in [3.05, 3.63) is 33.6 Å². The van der Waals surface area contributed by atoms with Gasteiger partial charge in [0, 0.05) is 12.1 Å². The molecule has 0 radical (unpaired) electrons. The van der Waals surface area contributed by atoms with E-state index in [9.17, 15) is 4.79 Å². The maximum absolute atomic E-state index is 11.7. The van der Waals surface area contributed by atoms with Gasteiger partial charge in [0.2, 0.25) is 5.95 Å². The molecule has 1 aromatic carbocycles. The molecule has 0 aliphatic heterocycles. The fraction of sp³-hybridized carbons (Fsp3) is 0.111. The molecule has 4 nitrogen and oxygen atoms in total. The first-order valence-corrected chi connectivity index (χ1v) is 4.39. The molecule has 0 aliphatic carbocycles. The van der Waals surface area contributed by atoms with Gasteiger partial charge in [-0.2, -0.15) is 0 Å². The van der Waals surface area contributed by atoms with E-state index in [4.69, 9.17) is 17.3 Å². The van der Waals surface area contributed by atoms with Crippen LogP contribution < -0.4 is 11.3 Å². The van der Waals surface area contributed by atoms with Crippen LogP contribution in [0.4, 0.5) is 5.95 Å². The molecule has 14 heavy (non-hydrogen) atoms. The maximum Gasteiger partial charge on any atom is 0.262 e. The van der Waals surface area contributed by atoms with E-state index in [0.29, 0.717) is 15.9 Å². The Bertz CT molecular complexity index is 562. The molecule has 0 amide bonds. The minimum absolute atomic E-state index is 0.163. The van der Waals surface area contributed by atoms with E-state index >= 15 is 0 Å². The molecule has 2 rings (SSSR count). The standard InChI is InChI=1S/C9H8ClN3O/c1-13-8(14)6-3-2-5(10)4-7(6)12-9(13)11/h2-4H,1H3,(H2,11,12). The predicted molar refractivity (Wildman–Crippen MR) is 56.4 cm³/mol. The van der Waals surface area contributed by atoms with E-state index < -0.39 is 0 Å². The largest absolute Gasteiger partial charge is 0.369 e. The fourth-order valence-electron chi connectivity index (χ4n) is 1.26. The van der Waals surface area contributed by atoms with Crippen LogP contribution in [0.3, 0.4) is 0 Å². The van der Waals surface area contributed by atoms with Gasteiger partial charge in [-0.1, -0.05) is 11.6 Å². The van der Waals surface area contributed by atoms with Gasteiger partial charge in [-0.15, -0.1) is 0 Å². The Balaban J connectivity index is 2.98. The highest BCUT2D eigenvalue weighted by Crippen LogP contribution is 2.15. The Kier molecular flexibility index (Phi) is 1.93. The van der Waals surface area contributed by atoms with Gasteiger partial charge in [0.05, 0.1) is 10.9 Å².